The summed E-state index contributed by atoms with van der Waals surface area (Å²) in [4.78, 5) is 0. The third-order valence-corrected chi connectivity index (χ3v) is 18.9. The summed E-state index contributed by atoms with van der Waals surface area (Å²) >= 11 is 7.51. The van der Waals surface area contributed by atoms with Gasteiger partial charge >= 0.3 is 0 Å². The molecule has 12 aromatic carbocycles. The van der Waals surface area contributed by atoms with Crippen LogP contribution in [-0.2, 0) is 0 Å². The number of benzene rings is 12. The number of hydrogen-bond donors (Lipinski definition) is 0. The average Bonchev–Trinajstić information content (AvgIpc) is 4.23. The molecule has 362 valence electrons. The van der Waals surface area contributed by atoms with Gasteiger partial charge in [-0.3, -0.25) is 0 Å². The molecule has 0 fully saturated rings. The summed E-state index contributed by atoms with van der Waals surface area (Å²) in [5, 5.41) is 19.2. The van der Waals surface area contributed by atoms with Crippen molar-refractivity contribution in [1.82, 2.24) is 0 Å². The van der Waals surface area contributed by atoms with E-state index in [1.54, 1.807) is 0 Å². The molecule has 0 aliphatic carbocycles. The highest BCUT2D eigenvalue weighted by Gasteiger charge is 2.10. The Morgan fingerprint density at radius 3 is 1.17 bits per heavy atom. The fourth-order valence-corrected chi connectivity index (χ4v) is 15.2. The van der Waals surface area contributed by atoms with Crippen LogP contribution < -0.4 is 0 Å². The second-order valence-corrected chi connectivity index (χ2v) is 23.7. The second kappa shape index (κ2) is 20.9. The van der Waals surface area contributed by atoms with Crippen LogP contribution in [0.25, 0.3) is 113 Å². The molecule has 0 saturated carbocycles. The minimum atomic E-state index is 1.31. The van der Waals surface area contributed by atoms with Crippen LogP contribution in [0.15, 0.2) is 237 Å². The number of rotatable bonds is 0. The zero-order valence-corrected chi connectivity index (χ0v) is 45.9. The number of hydrogen-bond acceptors (Lipinski definition) is 4. The molecule has 75 heavy (non-hydrogen) atoms. The second-order valence-electron chi connectivity index (χ2n) is 19.4. The van der Waals surface area contributed by atoms with Gasteiger partial charge in [0.15, 0.2) is 0 Å². The van der Waals surface area contributed by atoms with Crippen molar-refractivity contribution in [2.45, 2.75) is 34.6 Å². The van der Waals surface area contributed by atoms with E-state index in [1.165, 1.54) is 141 Å². The van der Waals surface area contributed by atoms with Crippen LogP contribution in [0.1, 0.15) is 27.8 Å². The number of fused-ring (bicyclic) bond motifs is 18. The Hall–Kier alpha value is -7.70. The zero-order chi connectivity index (χ0) is 51.0. The van der Waals surface area contributed by atoms with E-state index in [1.807, 2.05) is 45.3 Å². The SMILES string of the molecule is Cc1ccc2c(c1)sc1ccccc12.Cc1ccc2c3ccccc3c3ccccc3c2c1.Cc1ccc2sc3ccccc3c2c1.Cc1cccc2c1sc1ccccc12.Cc1cccc2sc3ccccc3c12. The first kappa shape index (κ1) is 48.3. The maximum absolute atomic E-state index is 2.30. The molecule has 0 nitrogen and oxygen atoms in total. The Morgan fingerprint density at radius 2 is 0.547 bits per heavy atom. The Bertz CT molecular complexity index is 4670. The summed E-state index contributed by atoms with van der Waals surface area (Å²) < 4.78 is 11.1. The Labute approximate surface area is 454 Å². The maximum Gasteiger partial charge on any atom is 0.0384 e. The van der Waals surface area contributed by atoms with E-state index in [9.17, 15) is 0 Å². The molecule has 0 bridgehead atoms. The fourth-order valence-electron chi connectivity index (χ4n) is 10.5. The highest BCUT2D eigenvalue weighted by Crippen LogP contribution is 2.39. The smallest absolute Gasteiger partial charge is 0.0384 e. The van der Waals surface area contributed by atoms with Crippen LogP contribution >= 0.6 is 45.3 Å². The minimum absolute atomic E-state index is 1.31. The quantitative estimate of drug-likeness (QED) is 0.133. The zero-order valence-electron chi connectivity index (χ0n) is 42.6. The van der Waals surface area contributed by atoms with Crippen LogP contribution in [0.5, 0.6) is 0 Å². The van der Waals surface area contributed by atoms with Crippen LogP contribution in [0.2, 0.25) is 0 Å². The van der Waals surface area contributed by atoms with Gasteiger partial charge in [-0.25, -0.2) is 0 Å². The van der Waals surface area contributed by atoms with Crippen LogP contribution in [-0.4, -0.2) is 0 Å². The Balaban J connectivity index is 0.0000000954. The first-order chi connectivity index (χ1) is 36.8. The van der Waals surface area contributed by atoms with Crippen molar-refractivity contribution in [2.75, 3.05) is 0 Å². The van der Waals surface area contributed by atoms with E-state index >= 15 is 0 Å². The molecular formula is C71H54S4. The lowest BCUT2D eigenvalue weighted by Crippen LogP contribution is -1.83. The van der Waals surface area contributed by atoms with Crippen molar-refractivity contribution in [3.05, 3.63) is 264 Å². The molecule has 16 aromatic rings. The summed E-state index contributed by atoms with van der Waals surface area (Å²) in [5.41, 5.74) is 6.74. The van der Waals surface area contributed by atoms with Gasteiger partial charge in [0.1, 0.15) is 0 Å². The van der Waals surface area contributed by atoms with E-state index in [-0.39, 0.29) is 0 Å². The molecule has 0 amide bonds. The monoisotopic (exact) mass is 1030 g/mol. The first-order valence-electron chi connectivity index (χ1n) is 25.5. The molecule has 0 N–H and O–H groups in total. The highest BCUT2D eigenvalue weighted by molar-refractivity contribution is 7.27. The predicted octanol–water partition coefficient (Wildman–Crippen LogP) is 22.9. The molecule has 4 aromatic heterocycles. The van der Waals surface area contributed by atoms with E-state index in [0.29, 0.717) is 0 Å². The van der Waals surface area contributed by atoms with Gasteiger partial charge in [0.25, 0.3) is 0 Å². The summed E-state index contributed by atoms with van der Waals surface area (Å²) in [5.74, 6) is 0. The Kier molecular flexibility index (Phi) is 13.4. The number of thiophene rings is 4. The molecule has 4 heterocycles. The summed E-state index contributed by atoms with van der Waals surface area (Å²) in [7, 11) is 0. The van der Waals surface area contributed by atoms with Crippen molar-refractivity contribution in [3.8, 4) is 0 Å². The normalized spacial score (nSPS) is 11.3. The number of aryl methyl sites for hydroxylation is 5. The minimum Gasteiger partial charge on any atom is -0.135 e. The Morgan fingerprint density at radius 1 is 0.200 bits per heavy atom. The van der Waals surface area contributed by atoms with Gasteiger partial charge in [0, 0.05) is 80.7 Å². The molecule has 0 spiro atoms. The third kappa shape index (κ3) is 9.56. The molecule has 0 aliphatic rings. The largest absolute Gasteiger partial charge is 0.135 e. The van der Waals surface area contributed by atoms with E-state index in [0.717, 1.165) is 0 Å². The summed E-state index contributed by atoms with van der Waals surface area (Å²) in [6, 6.07) is 84.9. The van der Waals surface area contributed by atoms with E-state index in [2.05, 4.69) is 271 Å². The molecule has 0 unspecified atom stereocenters. The van der Waals surface area contributed by atoms with Crippen LogP contribution in [0.4, 0.5) is 0 Å². The summed E-state index contributed by atoms with van der Waals surface area (Å²) in [6.07, 6.45) is 0. The predicted molar refractivity (Wildman–Crippen MR) is 340 cm³/mol. The lowest BCUT2D eigenvalue weighted by atomic mass is 9.93. The molecule has 0 radical (unpaired) electrons. The van der Waals surface area contributed by atoms with Crippen molar-refractivity contribution in [1.29, 1.82) is 0 Å². The lowest BCUT2D eigenvalue weighted by molar-refractivity contribution is 1.51. The molecule has 0 atom stereocenters. The standard InChI is InChI=1S/C19H14.4C13H10S/c1-13-10-11-18-16-8-3-2-6-14(16)15-7-4-5-9-17(15)19(18)12-13;1-9-5-4-7-11-10-6-2-3-8-12(10)14-13(9)11;1-9-5-4-8-12-13(9)10-6-2-3-7-11(10)14-12;1-9-6-7-13-11(8-9)10-4-2-3-5-12(10)14-13;1-9-6-7-11-10-4-2-3-5-12(10)14-13(11)8-9/h2-12H,1H3;4*2-8H,1H3. The fraction of sp³-hybridized carbons (Fsp3) is 0.0704. The molecule has 0 aliphatic heterocycles. The molecule has 16 rings (SSSR count). The molecule has 0 saturated heterocycles. The average molecular weight is 1040 g/mol. The van der Waals surface area contributed by atoms with Gasteiger partial charge in [0.2, 0.25) is 0 Å². The highest BCUT2D eigenvalue weighted by atomic mass is 32.1. The molecular weight excluding hydrogens is 981 g/mol. The van der Waals surface area contributed by atoms with Crippen molar-refractivity contribution in [3.63, 3.8) is 0 Å². The van der Waals surface area contributed by atoms with Gasteiger partial charge in [-0.05, 0) is 132 Å². The summed E-state index contributed by atoms with van der Waals surface area (Å²) in [6.45, 7) is 10.8. The van der Waals surface area contributed by atoms with Gasteiger partial charge < -0.3 is 0 Å². The van der Waals surface area contributed by atoms with Crippen molar-refractivity contribution < 1.29 is 0 Å². The first-order valence-corrected chi connectivity index (χ1v) is 28.8. The maximum atomic E-state index is 2.30. The third-order valence-electron chi connectivity index (χ3n) is 14.2. The van der Waals surface area contributed by atoms with Gasteiger partial charge in [-0.1, -0.05) is 199 Å². The molecule has 4 heteroatoms. The van der Waals surface area contributed by atoms with Gasteiger partial charge in [0.05, 0.1) is 0 Å². The van der Waals surface area contributed by atoms with Crippen LogP contribution in [0.3, 0.4) is 0 Å². The lowest BCUT2D eigenvalue weighted by Gasteiger charge is -2.10. The van der Waals surface area contributed by atoms with Crippen molar-refractivity contribution >= 4 is 158 Å². The van der Waals surface area contributed by atoms with Crippen LogP contribution in [0, 0.1) is 34.6 Å². The van der Waals surface area contributed by atoms with E-state index in [4.69, 9.17) is 0 Å². The van der Waals surface area contributed by atoms with Crippen molar-refractivity contribution in [2.24, 2.45) is 0 Å². The van der Waals surface area contributed by atoms with E-state index < -0.39 is 0 Å². The topological polar surface area (TPSA) is 0 Å². The van der Waals surface area contributed by atoms with Gasteiger partial charge in [-0.2, -0.15) is 0 Å². The van der Waals surface area contributed by atoms with Gasteiger partial charge in [-0.15, -0.1) is 45.3 Å².